The number of hydrogen-bond donors (Lipinski definition) is 0. The Bertz CT molecular complexity index is 2930. The normalized spacial score (nSPS) is 16.2. The van der Waals surface area contributed by atoms with Gasteiger partial charge in [-0.15, -0.1) is 0 Å². The largest absolute Gasteiger partial charge is 0.310 e. The molecule has 0 bridgehead atoms. The molecule has 3 aliphatic carbocycles. The van der Waals surface area contributed by atoms with E-state index in [4.69, 9.17) is 0 Å². The van der Waals surface area contributed by atoms with E-state index < -0.39 is 0 Å². The second kappa shape index (κ2) is 10.9. The number of benzene rings is 8. The van der Waals surface area contributed by atoms with Gasteiger partial charge in [-0.25, -0.2) is 0 Å². The average Bonchev–Trinajstić information content (AvgIpc) is 3.79. The minimum absolute atomic E-state index is 0.0753. The molecule has 266 valence electrons. The number of nitrogens with zero attached hydrogens (tertiary/aromatic N) is 1. The molecule has 4 aliphatic rings. The quantitative estimate of drug-likeness (QED) is 0.172. The fraction of sp³-hybridized carbons (Fsp3) is 0.127. The molecule has 1 aliphatic heterocycles. The van der Waals surface area contributed by atoms with Gasteiger partial charge in [-0.05, 0) is 125 Å². The van der Waals surface area contributed by atoms with Gasteiger partial charge in [-0.1, -0.05) is 167 Å². The van der Waals surface area contributed by atoms with Gasteiger partial charge in [0.1, 0.15) is 0 Å². The van der Waals surface area contributed by atoms with E-state index in [1.807, 2.05) is 0 Å². The van der Waals surface area contributed by atoms with Crippen molar-refractivity contribution in [1.29, 1.82) is 0 Å². The highest BCUT2D eigenvalue weighted by Crippen LogP contribution is 2.63. The summed E-state index contributed by atoms with van der Waals surface area (Å²) in [7, 11) is 0. The van der Waals surface area contributed by atoms with Crippen LogP contribution in [0.15, 0.2) is 176 Å². The SMILES string of the molecule is CC1(C)c2ccccc2-c2ccc(N3c4ccccc4C(C)(C)c4cc(-c5ccc6c(c5)C5(c7ccccc7-c7ccccc75)c5ccccc5-6)ccc43)cc21. The molecule has 8 aromatic carbocycles. The van der Waals surface area contributed by atoms with Gasteiger partial charge in [-0.3, -0.25) is 0 Å². The van der Waals surface area contributed by atoms with E-state index in [9.17, 15) is 0 Å². The van der Waals surface area contributed by atoms with E-state index in [1.165, 1.54) is 106 Å². The first-order valence-corrected chi connectivity index (χ1v) is 20.0. The summed E-state index contributed by atoms with van der Waals surface area (Å²) in [6.45, 7) is 9.54. The lowest BCUT2D eigenvalue weighted by Crippen LogP contribution is -2.30. The van der Waals surface area contributed by atoms with Crippen LogP contribution in [0.3, 0.4) is 0 Å². The lowest BCUT2D eigenvalue weighted by molar-refractivity contribution is 0.631. The molecule has 0 radical (unpaired) electrons. The zero-order chi connectivity index (χ0) is 37.6. The maximum Gasteiger partial charge on any atom is 0.0725 e. The second-order valence-electron chi connectivity index (χ2n) is 17.3. The van der Waals surface area contributed by atoms with Crippen molar-refractivity contribution in [1.82, 2.24) is 0 Å². The van der Waals surface area contributed by atoms with Crippen molar-refractivity contribution < 1.29 is 0 Å². The molecule has 1 heterocycles. The molecule has 56 heavy (non-hydrogen) atoms. The van der Waals surface area contributed by atoms with E-state index in [0.717, 1.165) is 0 Å². The molecule has 0 N–H and O–H groups in total. The second-order valence-corrected chi connectivity index (χ2v) is 17.3. The summed E-state index contributed by atoms with van der Waals surface area (Å²) in [5.41, 5.74) is 24.6. The van der Waals surface area contributed by atoms with Crippen molar-refractivity contribution in [3.63, 3.8) is 0 Å². The number of anilines is 3. The molecule has 12 rings (SSSR count). The lowest BCUT2D eigenvalue weighted by atomic mass is 9.70. The zero-order valence-corrected chi connectivity index (χ0v) is 32.2. The summed E-state index contributed by atoms with van der Waals surface area (Å²) < 4.78 is 0. The Hall–Kier alpha value is -6.44. The maximum absolute atomic E-state index is 2.51. The Balaban J connectivity index is 1.05. The molecule has 1 heteroatoms. The van der Waals surface area contributed by atoms with Crippen molar-refractivity contribution >= 4 is 17.1 Å². The number of hydrogen-bond acceptors (Lipinski definition) is 1. The average molecular weight is 716 g/mol. The third kappa shape index (κ3) is 3.85. The number of fused-ring (bicyclic) bond motifs is 15. The molecule has 0 unspecified atom stereocenters. The standard InChI is InChI=1S/C55H41N/c1-53(2)43-19-9-5-15-37(43)41-29-27-36(33-48(41)53)56-51-24-14-13-23-47(51)54(3,4)50-32-35(26-30-52(50)56)34-25-28-42-40-18-8-12-22-46(40)55(49(42)31-34)44-20-10-6-16-38(44)39-17-7-11-21-45(39)55/h5-33H,1-4H3. The highest BCUT2D eigenvalue weighted by molar-refractivity contribution is 5.96. The Morgan fingerprint density at radius 2 is 0.714 bits per heavy atom. The highest BCUT2D eigenvalue weighted by atomic mass is 15.2. The maximum atomic E-state index is 2.51. The van der Waals surface area contributed by atoms with Crippen LogP contribution in [0.25, 0.3) is 44.5 Å². The summed E-state index contributed by atoms with van der Waals surface area (Å²) >= 11 is 0. The summed E-state index contributed by atoms with van der Waals surface area (Å²) in [5.74, 6) is 0. The van der Waals surface area contributed by atoms with Crippen molar-refractivity contribution in [3.8, 4) is 44.5 Å². The summed E-state index contributed by atoms with van der Waals surface area (Å²) in [6.07, 6.45) is 0. The summed E-state index contributed by atoms with van der Waals surface area (Å²) in [5, 5.41) is 0. The molecular weight excluding hydrogens is 675 g/mol. The molecule has 0 aromatic heterocycles. The molecule has 8 aromatic rings. The van der Waals surface area contributed by atoms with Crippen LogP contribution < -0.4 is 4.90 Å². The molecule has 0 saturated heterocycles. The van der Waals surface area contributed by atoms with Gasteiger partial charge in [0.25, 0.3) is 0 Å². The van der Waals surface area contributed by atoms with Gasteiger partial charge in [0.05, 0.1) is 16.8 Å². The molecule has 0 amide bonds. The minimum atomic E-state index is -0.362. The zero-order valence-electron chi connectivity index (χ0n) is 32.2. The first-order valence-electron chi connectivity index (χ1n) is 20.0. The lowest BCUT2D eigenvalue weighted by Gasteiger charge is -2.42. The third-order valence-corrected chi connectivity index (χ3v) is 13.9. The van der Waals surface area contributed by atoms with Crippen LogP contribution >= 0.6 is 0 Å². The molecule has 1 spiro atoms. The molecule has 1 nitrogen and oxygen atoms in total. The molecule has 0 saturated carbocycles. The number of rotatable bonds is 2. The third-order valence-electron chi connectivity index (χ3n) is 13.9. The van der Waals surface area contributed by atoms with Gasteiger partial charge in [0.2, 0.25) is 0 Å². The predicted molar refractivity (Wildman–Crippen MR) is 233 cm³/mol. The fourth-order valence-electron chi connectivity index (χ4n) is 11.3. The Labute approximate surface area is 329 Å². The molecule has 0 fully saturated rings. The van der Waals surface area contributed by atoms with Crippen LogP contribution in [0.4, 0.5) is 17.1 Å². The highest BCUT2D eigenvalue weighted by Gasteiger charge is 2.51. The molecular formula is C55H41N. The smallest absolute Gasteiger partial charge is 0.0725 e. The van der Waals surface area contributed by atoms with E-state index in [-0.39, 0.29) is 16.2 Å². The first-order chi connectivity index (χ1) is 27.3. The van der Waals surface area contributed by atoms with E-state index in [2.05, 4.69) is 209 Å². The van der Waals surface area contributed by atoms with Gasteiger partial charge in [-0.2, -0.15) is 0 Å². The van der Waals surface area contributed by atoms with Crippen LogP contribution in [-0.4, -0.2) is 0 Å². The van der Waals surface area contributed by atoms with Gasteiger partial charge in [0.15, 0.2) is 0 Å². The first kappa shape index (κ1) is 31.9. The Morgan fingerprint density at radius 1 is 0.304 bits per heavy atom. The van der Waals surface area contributed by atoms with Crippen LogP contribution in [0.1, 0.15) is 72.2 Å². The van der Waals surface area contributed by atoms with Crippen LogP contribution in [0.5, 0.6) is 0 Å². The van der Waals surface area contributed by atoms with Crippen molar-refractivity contribution in [3.05, 3.63) is 220 Å². The van der Waals surface area contributed by atoms with Crippen molar-refractivity contribution in [2.45, 2.75) is 43.9 Å². The topological polar surface area (TPSA) is 3.24 Å². The van der Waals surface area contributed by atoms with Crippen LogP contribution in [0, 0.1) is 0 Å². The van der Waals surface area contributed by atoms with Crippen molar-refractivity contribution in [2.24, 2.45) is 0 Å². The van der Waals surface area contributed by atoms with E-state index in [1.54, 1.807) is 0 Å². The molecule has 0 atom stereocenters. The summed E-state index contributed by atoms with van der Waals surface area (Å²) in [6, 6.07) is 66.8. The fourth-order valence-corrected chi connectivity index (χ4v) is 11.3. The number of para-hydroxylation sites is 1. The Morgan fingerprint density at radius 3 is 1.34 bits per heavy atom. The van der Waals surface area contributed by atoms with Gasteiger partial charge >= 0.3 is 0 Å². The summed E-state index contributed by atoms with van der Waals surface area (Å²) in [4.78, 5) is 2.51. The van der Waals surface area contributed by atoms with Crippen LogP contribution in [0.2, 0.25) is 0 Å². The van der Waals surface area contributed by atoms with E-state index >= 15 is 0 Å². The Kier molecular flexibility index (Phi) is 6.18. The van der Waals surface area contributed by atoms with Gasteiger partial charge in [0, 0.05) is 16.5 Å². The van der Waals surface area contributed by atoms with Crippen LogP contribution in [-0.2, 0) is 16.2 Å². The van der Waals surface area contributed by atoms with Gasteiger partial charge < -0.3 is 4.90 Å². The van der Waals surface area contributed by atoms with Crippen molar-refractivity contribution in [2.75, 3.05) is 4.90 Å². The predicted octanol–water partition coefficient (Wildman–Crippen LogP) is 14.1. The monoisotopic (exact) mass is 715 g/mol. The van der Waals surface area contributed by atoms with E-state index in [0.29, 0.717) is 0 Å². The minimum Gasteiger partial charge on any atom is -0.310 e.